The number of ether oxygens (including phenoxy) is 2. The van der Waals surface area contributed by atoms with Gasteiger partial charge in [0, 0.05) is 30.8 Å². The minimum atomic E-state index is -0.659. The first kappa shape index (κ1) is 20.4. The van der Waals surface area contributed by atoms with Crippen molar-refractivity contribution in [2.24, 2.45) is 0 Å². The van der Waals surface area contributed by atoms with Crippen molar-refractivity contribution in [3.63, 3.8) is 0 Å². The Morgan fingerprint density at radius 2 is 1.12 bits per heavy atom. The molecule has 0 bridgehead atoms. The Balaban J connectivity index is 1.61. The van der Waals surface area contributed by atoms with Gasteiger partial charge in [-0.2, -0.15) is 0 Å². The van der Waals surface area contributed by atoms with E-state index in [1.807, 2.05) is 32.0 Å². The van der Waals surface area contributed by atoms with Crippen LogP contribution in [0.4, 0.5) is 17.1 Å². The molecule has 0 radical (unpaired) electrons. The van der Waals surface area contributed by atoms with Gasteiger partial charge in [0.25, 0.3) is 0 Å². The Morgan fingerprint density at radius 1 is 0.559 bits per heavy atom. The van der Waals surface area contributed by atoms with Crippen LogP contribution >= 0.6 is 0 Å². The van der Waals surface area contributed by atoms with Crippen molar-refractivity contribution < 1.29 is 9.47 Å². The standard InChI is InChI=1S/C31H25NO2/c1-31(2)33-29-18-17-24(21-30(29)34-31)27-19-22-11-9-10-12-23(22)20-28(27)32(25-13-5-3-6-14-25)26-15-7-4-8-16-26/h3-21H,1-2H3. The Kier molecular flexibility index (Phi) is 4.77. The zero-order valence-corrected chi connectivity index (χ0v) is 19.2. The number of fused-ring (bicyclic) bond motifs is 2. The highest BCUT2D eigenvalue weighted by Crippen LogP contribution is 2.46. The molecular formula is C31H25NO2. The molecule has 1 aliphatic rings. The quantitative estimate of drug-likeness (QED) is 0.278. The van der Waals surface area contributed by atoms with Gasteiger partial charge < -0.3 is 14.4 Å². The fourth-order valence-corrected chi connectivity index (χ4v) is 4.62. The molecule has 0 saturated heterocycles. The zero-order valence-electron chi connectivity index (χ0n) is 19.2. The van der Waals surface area contributed by atoms with Crippen LogP contribution in [0.25, 0.3) is 21.9 Å². The van der Waals surface area contributed by atoms with Gasteiger partial charge in [-0.05, 0) is 64.9 Å². The lowest BCUT2D eigenvalue weighted by Crippen LogP contribution is -2.29. The fraction of sp³-hybridized carbons (Fsp3) is 0.0968. The summed E-state index contributed by atoms with van der Waals surface area (Å²) in [5.41, 5.74) is 5.52. The van der Waals surface area contributed by atoms with E-state index in [1.54, 1.807) is 0 Å². The lowest BCUT2D eigenvalue weighted by atomic mass is 9.97. The van der Waals surface area contributed by atoms with Crippen molar-refractivity contribution in [1.29, 1.82) is 0 Å². The summed E-state index contributed by atoms with van der Waals surface area (Å²) < 4.78 is 12.0. The summed E-state index contributed by atoms with van der Waals surface area (Å²) >= 11 is 0. The van der Waals surface area contributed by atoms with Gasteiger partial charge in [-0.3, -0.25) is 0 Å². The molecule has 0 aromatic heterocycles. The highest BCUT2D eigenvalue weighted by atomic mass is 16.7. The van der Waals surface area contributed by atoms with Crippen LogP contribution in [-0.4, -0.2) is 5.79 Å². The van der Waals surface area contributed by atoms with Crippen LogP contribution < -0.4 is 14.4 Å². The van der Waals surface area contributed by atoms with Crippen molar-refractivity contribution in [3.8, 4) is 22.6 Å². The second kappa shape index (κ2) is 7.96. The molecule has 1 aliphatic heterocycles. The number of nitrogens with zero attached hydrogens (tertiary/aromatic N) is 1. The van der Waals surface area contributed by atoms with Gasteiger partial charge in [-0.1, -0.05) is 66.7 Å². The normalized spacial score (nSPS) is 13.7. The molecule has 0 fully saturated rings. The van der Waals surface area contributed by atoms with E-state index in [1.165, 1.54) is 10.8 Å². The molecule has 0 atom stereocenters. The largest absolute Gasteiger partial charge is 0.449 e. The van der Waals surface area contributed by atoms with Crippen molar-refractivity contribution in [2.75, 3.05) is 4.90 Å². The molecule has 34 heavy (non-hydrogen) atoms. The lowest BCUT2D eigenvalue weighted by Gasteiger charge is -2.28. The molecule has 166 valence electrons. The summed E-state index contributed by atoms with van der Waals surface area (Å²) in [6.07, 6.45) is 0. The zero-order chi connectivity index (χ0) is 23.1. The molecule has 0 saturated carbocycles. The Labute approximate surface area is 199 Å². The monoisotopic (exact) mass is 443 g/mol. The summed E-state index contributed by atoms with van der Waals surface area (Å²) in [4.78, 5) is 2.32. The first-order valence-corrected chi connectivity index (χ1v) is 11.5. The van der Waals surface area contributed by atoms with E-state index < -0.39 is 5.79 Å². The molecule has 0 spiro atoms. The van der Waals surface area contributed by atoms with E-state index in [2.05, 4.69) is 102 Å². The van der Waals surface area contributed by atoms with Crippen molar-refractivity contribution in [3.05, 3.63) is 115 Å². The molecule has 3 heteroatoms. The van der Waals surface area contributed by atoms with Crippen LogP contribution in [0.5, 0.6) is 11.5 Å². The van der Waals surface area contributed by atoms with Gasteiger partial charge in [0.1, 0.15) is 0 Å². The lowest BCUT2D eigenvalue weighted by molar-refractivity contribution is -0.0431. The van der Waals surface area contributed by atoms with E-state index in [9.17, 15) is 0 Å². The van der Waals surface area contributed by atoms with Crippen LogP contribution in [-0.2, 0) is 0 Å². The van der Waals surface area contributed by atoms with Crippen LogP contribution in [0.2, 0.25) is 0 Å². The summed E-state index contributed by atoms with van der Waals surface area (Å²) in [5, 5.41) is 2.39. The number of anilines is 3. The predicted molar refractivity (Wildman–Crippen MR) is 139 cm³/mol. The van der Waals surface area contributed by atoms with Crippen LogP contribution in [0.1, 0.15) is 13.8 Å². The van der Waals surface area contributed by atoms with E-state index in [-0.39, 0.29) is 0 Å². The average Bonchev–Trinajstić information content (AvgIpc) is 3.18. The highest BCUT2D eigenvalue weighted by molar-refractivity contribution is 5.98. The third-order valence-corrected chi connectivity index (χ3v) is 6.10. The number of benzene rings is 5. The van der Waals surface area contributed by atoms with Gasteiger partial charge >= 0.3 is 0 Å². The summed E-state index contributed by atoms with van der Waals surface area (Å²) in [6.45, 7) is 3.86. The third kappa shape index (κ3) is 3.65. The molecule has 0 aliphatic carbocycles. The number of rotatable bonds is 4. The Bertz CT molecular complexity index is 1440. The van der Waals surface area contributed by atoms with Crippen LogP contribution in [0, 0.1) is 0 Å². The van der Waals surface area contributed by atoms with Gasteiger partial charge in [-0.15, -0.1) is 0 Å². The van der Waals surface area contributed by atoms with Crippen molar-refractivity contribution in [2.45, 2.75) is 19.6 Å². The second-order valence-corrected chi connectivity index (χ2v) is 8.99. The predicted octanol–water partition coefficient (Wildman–Crippen LogP) is 8.48. The Morgan fingerprint density at radius 3 is 1.76 bits per heavy atom. The molecule has 1 heterocycles. The number of hydrogen-bond acceptors (Lipinski definition) is 3. The first-order chi connectivity index (χ1) is 16.6. The fourth-order valence-electron chi connectivity index (χ4n) is 4.62. The minimum absolute atomic E-state index is 0.659. The van der Waals surface area contributed by atoms with Crippen molar-refractivity contribution in [1.82, 2.24) is 0 Å². The maximum atomic E-state index is 6.08. The van der Waals surface area contributed by atoms with Gasteiger partial charge in [0.15, 0.2) is 11.5 Å². The first-order valence-electron chi connectivity index (χ1n) is 11.5. The van der Waals surface area contributed by atoms with Crippen LogP contribution in [0.15, 0.2) is 115 Å². The molecule has 3 nitrogen and oxygen atoms in total. The molecule has 0 amide bonds. The number of para-hydroxylation sites is 2. The summed E-state index contributed by atoms with van der Waals surface area (Å²) in [7, 11) is 0. The maximum absolute atomic E-state index is 6.08. The van der Waals surface area contributed by atoms with Crippen LogP contribution in [0.3, 0.4) is 0 Å². The van der Waals surface area contributed by atoms with Gasteiger partial charge in [-0.25, -0.2) is 0 Å². The molecule has 5 aromatic rings. The van der Waals surface area contributed by atoms with Gasteiger partial charge in [0.2, 0.25) is 5.79 Å². The summed E-state index contributed by atoms with van der Waals surface area (Å²) in [5.74, 6) is 0.888. The maximum Gasteiger partial charge on any atom is 0.246 e. The van der Waals surface area contributed by atoms with E-state index >= 15 is 0 Å². The Hall–Kier alpha value is -4.24. The molecule has 0 unspecified atom stereocenters. The smallest absolute Gasteiger partial charge is 0.246 e. The van der Waals surface area contributed by atoms with Crippen molar-refractivity contribution >= 4 is 27.8 Å². The van der Waals surface area contributed by atoms with E-state index in [0.717, 1.165) is 39.7 Å². The van der Waals surface area contributed by atoms with Gasteiger partial charge in [0.05, 0.1) is 5.69 Å². The van der Waals surface area contributed by atoms with E-state index in [4.69, 9.17) is 9.47 Å². The molecule has 0 N–H and O–H groups in total. The van der Waals surface area contributed by atoms with E-state index in [0.29, 0.717) is 0 Å². The minimum Gasteiger partial charge on any atom is -0.449 e. The topological polar surface area (TPSA) is 21.7 Å². The highest BCUT2D eigenvalue weighted by Gasteiger charge is 2.32. The molecule has 5 aromatic carbocycles. The molecular weight excluding hydrogens is 418 g/mol. The number of hydrogen-bond donors (Lipinski definition) is 0. The third-order valence-electron chi connectivity index (χ3n) is 6.10. The SMILES string of the molecule is CC1(C)Oc2ccc(-c3cc4ccccc4cc3N(c3ccccc3)c3ccccc3)cc2O1. The second-order valence-electron chi connectivity index (χ2n) is 8.99. The summed E-state index contributed by atoms with van der Waals surface area (Å²) in [6, 6.07) is 40.3. The average molecular weight is 444 g/mol. The molecule has 6 rings (SSSR count).